The van der Waals surface area contributed by atoms with Gasteiger partial charge in [0.1, 0.15) is 5.01 Å². The SMILES string of the molecule is CN=C(NCCCOCC1CCCO1)NCc1nc(C(C)(C)C)cs1.I. The van der Waals surface area contributed by atoms with Crippen LogP contribution in [0.25, 0.3) is 0 Å². The van der Waals surface area contributed by atoms with Crippen molar-refractivity contribution in [3.05, 3.63) is 16.1 Å². The molecule has 0 spiro atoms. The number of hydrogen-bond acceptors (Lipinski definition) is 5. The maximum Gasteiger partial charge on any atom is 0.191 e. The molecule has 0 amide bonds. The van der Waals surface area contributed by atoms with Crippen LogP contribution in [-0.4, -0.2) is 50.5 Å². The third-order valence-electron chi connectivity index (χ3n) is 4.04. The number of aliphatic imine (C=N–C) groups is 1. The molecule has 1 atom stereocenters. The maximum absolute atomic E-state index is 5.66. The average molecular weight is 496 g/mol. The molecule has 2 heterocycles. The summed E-state index contributed by atoms with van der Waals surface area (Å²) in [5, 5.41) is 9.84. The van der Waals surface area contributed by atoms with Crippen molar-refractivity contribution < 1.29 is 9.47 Å². The lowest BCUT2D eigenvalue weighted by Gasteiger charge is -2.14. The monoisotopic (exact) mass is 496 g/mol. The molecule has 0 bridgehead atoms. The third-order valence-corrected chi connectivity index (χ3v) is 4.89. The highest BCUT2D eigenvalue weighted by molar-refractivity contribution is 14.0. The second kappa shape index (κ2) is 12.1. The summed E-state index contributed by atoms with van der Waals surface area (Å²) in [4.78, 5) is 8.94. The second-order valence-corrected chi connectivity index (χ2v) is 8.24. The van der Waals surface area contributed by atoms with Crippen molar-refractivity contribution in [3.63, 3.8) is 0 Å². The van der Waals surface area contributed by atoms with E-state index in [1.165, 1.54) is 0 Å². The number of nitrogens with zero attached hydrogens (tertiary/aromatic N) is 2. The van der Waals surface area contributed by atoms with Crippen LogP contribution in [0.1, 0.15) is 50.7 Å². The van der Waals surface area contributed by atoms with Gasteiger partial charge in [-0.2, -0.15) is 0 Å². The lowest BCUT2D eigenvalue weighted by Crippen LogP contribution is -2.37. The molecule has 1 unspecified atom stereocenters. The number of halogens is 1. The normalized spacial score (nSPS) is 17.8. The highest BCUT2D eigenvalue weighted by Crippen LogP contribution is 2.23. The first kappa shape index (κ1) is 23.6. The summed E-state index contributed by atoms with van der Waals surface area (Å²) >= 11 is 1.69. The van der Waals surface area contributed by atoms with Crippen molar-refractivity contribution in [2.75, 3.05) is 33.4 Å². The molecule has 0 aromatic carbocycles. The van der Waals surface area contributed by atoms with Crippen molar-refractivity contribution in [3.8, 4) is 0 Å². The van der Waals surface area contributed by atoms with Gasteiger partial charge in [0.25, 0.3) is 0 Å². The van der Waals surface area contributed by atoms with Crippen molar-refractivity contribution in [1.29, 1.82) is 0 Å². The number of rotatable bonds is 8. The Hall–Kier alpha value is -0.450. The quantitative estimate of drug-likeness (QED) is 0.250. The Morgan fingerprint density at radius 1 is 1.42 bits per heavy atom. The molecule has 150 valence electrons. The molecule has 0 saturated carbocycles. The Kier molecular flexibility index (Phi) is 11.0. The molecule has 1 aromatic rings. The Labute approximate surface area is 178 Å². The van der Waals surface area contributed by atoms with Crippen molar-refractivity contribution >= 4 is 41.3 Å². The zero-order valence-electron chi connectivity index (χ0n) is 16.3. The van der Waals surface area contributed by atoms with Gasteiger partial charge in [0.15, 0.2) is 5.96 Å². The van der Waals surface area contributed by atoms with Crippen LogP contribution in [0, 0.1) is 0 Å². The zero-order chi connectivity index (χ0) is 18.1. The van der Waals surface area contributed by atoms with Gasteiger partial charge >= 0.3 is 0 Å². The first-order chi connectivity index (χ1) is 12.0. The van der Waals surface area contributed by atoms with Crippen LogP contribution >= 0.6 is 35.3 Å². The van der Waals surface area contributed by atoms with Gasteiger partial charge in [-0.25, -0.2) is 4.98 Å². The summed E-state index contributed by atoms with van der Waals surface area (Å²) < 4.78 is 11.2. The molecule has 0 radical (unpaired) electrons. The minimum atomic E-state index is 0. The van der Waals surface area contributed by atoms with E-state index in [0.717, 1.165) is 55.7 Å². The maximum atomic E-state index is 5.66. The Morgan fingerprint density at radius 3 is 2.85 bits per heavy atom. The van der Waals surface area contributed by atoms with Crippen LogP contribution in [-0.2, 0) is 21.4 Å². The lowest BCUT2D eigenvalue weighted by atomic mass is 9.93. The molecule has 2 rings (SSSR count). The fourth-order valence-corrected chi connectivity index (χ4v) is 3.45. The Bertz CT molecular complexity index is 540. The predicted molar refractivity (Wildman–Crippen MR) is 119 cm³/mol. The van der Waals surface area contributed by atoms with Crippen LogP contribution in [0.4, 0.5) is 0 Å². The summed E-state index contributed by atoms with van der Waals surface area (Å²) in [5.41, 5.74) is 1.23. The molecule has 1 fully saturated rings. The molecule has 1 saturated heterocycles. The molecule has 1 aromatic heterocycles. The molecule has 6 nitrogen and oxygen atoms in total. The standard InChI is InChI=1S/C18H32N4O2S.HI/c1-18(2,3)15-13-25-16(22-15)11-21-17(19-4)20-8-6-9-23-12-14-7-5-10-24-14;/h13-14H,5-12H2,1-4H3,(H2,19,20,21);1H. The zero-order valence-corrected chi connectivity index (χ0v) is 19.5. The van der Waals surface area contributed by atoms with Crippen molar-refractivity contribution in [1.82, 2.24) is 15.6 Å². The first-order valence-electron chi connectivity index (χ1n) is 9.08. The number of hydrogen-bond donors (Lipinski definition) is 2. The van der Waals surface area contributed by atoms with E-state index in [2.05, 4.69) is 46.8 Å². The largest absolute Gasteiger partial charge is 0.379 e. The van der Waals surface area contributed by atoms with E-state index in [1.54, 1.807) is 18.4 Å². The van der Waals surface area contributed by atoms with E-state index < -0.39 is 0 Å². The van der Waals surface area contributed by atoms with E-state index in [0.29, 0.717) is 19.3 Å². The summed E-state index contributed by atoms with van der Waals surface area (Å²) in [6.07, 6.45) is 3.54. The number of guanidine groups is 1. The fraction of sp³-hybridized carbons (Fsp3) is 0.778. The van der Waals surface area contributed by atoms with Gasteiger partial charge in [0, 0.05) is 37.6 Å². The summed E-state index contributed by atoms with van der Waals surface area (Å²) in [6, 6.07) is 0. The number of ether oxygens (including phenoxy) is 2. The van der Waals surface area contributed by atoms with Crippen molar-refractivity contribution in [2.24, 2.45) is 4.99 Å². The van der Waals surface area contributed by atoms with Crippen LogP contribution in [0.2, 0.25) is 0 Å². The highest BCUT2D eigenvalue weighted by atomic mass is 127. The molecule has 2 N–H and O–H groups in total. The Morgan fingerprint density at radius 2 is 2.23 bits per heavy atom. The molecule has 0 aliphatic carbocycles. The lowest BCUT2D eigenvalue weighted by molar-refractivity contribution is 0.0168. The van der Waals surface area contributed by atoms with Gasteiger partial charge in [0.2, 0.25) is 0 Å². The molecule has 1 aliphatic heterocycles. The first-order valence-corrected chi connectivity index (χ1v) is 9.96. The molecule has 8 heteroatoms. The van der Waals surface area contributed by atoms with Gasteiger partial charge in [-0.15, -0.1) is 35.3 Å². The summed E-state index contributed by atoms with van der Waals surface area (Å²) in [5.74, 6) is 0.798. The van der Waals surface area contributed by atoms with E-state index >= 15 is 0 Å². The Balaban J connectivity index is 0.00000338. The second-order valence-electron chi connectivity index (χ2n) is 7.29. The molecule has 26 heavy (non-hydrogen) atoms. The molecular weight excluding hydrogens is 463 g/mol. The predicted octanol–water partition coefficient (Wildman–Crippen LogP) is 3.31. The van der Waals surface area contributed by atoms with E-state index in [4.69, 9.17) is 9.47 Å². The van der Waals surface area contributed by atoms with Crippen molar-refractivity contribution in [2.45, 2.75) is 58.1 Å². The smallest absolute Gasteiger partial charge is 0.191 e. The number of aromatic nitrogens is 1. The van der Waals surface area contributed by atoms with Gasteiger partial charge in [0.05, 0.1) is 24.9 Å². The summed E-state index contributed by atoms with van der Waals surface area (Å²) in [7, 11) is 1.78. The molecular formula is C18H33IN4O2S. The summed E-state index contributed by atoms with van der Waals surface area (Å²) in [6.45, 7) is 10.4. The average Bonchev–Trinajstić information content (AvgIpc) is 3.24. The van der Waals surface area contributed by atoms with Crippen LogP contribution in [0.3, 0.4) is 0 Å². The highest BCUT2D eigenvalue weighted by Gasteiger charge is 2.17. The molecule has 1 aliphatic rings. The van der Waals surface area contributed by atoms with E-state index in [-0.39, 0.29) is 29.4 Å². The van der Waals surface area contributed by atoms with Crippen LogP contribution in [0.5, 0.6) is 0 Å². The third kappa shape index (κ3) is 8.49. The van der Waals surface area contributed by atoms with Crippen LogP contribution in [0.15, 0.2) is 10.4 Å². The van der Waals surface area contributed by atoms with E-state index in [9.17, 15) is 0 Å². The van der Waals surface area contributed by atoms with Crippen LogP contribution < -0.4 is 10.6 Å². The minimum Gasteiger partial charge on any atom is -0.379 e. The van der Waals surface area contributed by atoms with Gasteiger partial charge in [-0.1, -0.05) is 20.8 Å². The van der Waals surface area contributed by atoms with Gasteiger partial charge in [-0.3, -0.25) is 4.99 Å². The number of thiazole rings is 1. The van der Waals surface area contributed by atoms with Gasteiger partial charge in [-0.05, 0) is 19.3 Å². The fourth-order valence-electron chi connectivity index (χ4n) is 2.49. The minimum absolute atomic E-state index is 0. The van der Waals surface area contributed by atoms with E-state index in [1.807, 2.05) is 0 Å². The topological polar surface area (TPSA) is 67.8 Å². The number of nitrogens with one attached hydrogen (secondary N) is 2. The van der Waals surface area contributed by atoms with Gasteiger partial charge < -0.3 is 20.1 Å².